The van der Waals surface area contributed by atoms with Crippen LogP contribution in [0, 0.1) is 0 Å². The minimum absolute atomic E-state index is 0.159. The van der Waals surface area contributed by atoms with Crippen LogP contribution in [-0.4, -0.2) is 26.6 Å². The first kappa shape index (κ1) is 13.7. The predicted molar refractivity (Wildman–Crippen MR) is 64.5 cm³/mol. The van der Waals surface area contributed by atoms with Crippen LogP contribution in [0.15, 0.2) is 6.20 Å². The molecule has 0 spiro atoms. The number of carbonyl (C=O) groups is 1. The van der Waals surface area contributed by atoms with E-state index in [1.807, 2.05) is 33.9 Å². The average Bonchev–Trinajstić information content (AvgIpc) is 2.63. The van der Waals surface area contributed by atoms with Gasteiger partial charge in [0.25, 0.3) is 0 Å². The normalized spacial score (nSPS) is 11.5. The number of aromatic nitrogens is 3. The Kier molecular flexibility index (Phi) is 4.66. The van der Waals surface area contributed by atoms with Gasteiger partial charge in [0.15, 0.2) is 0 Å². The molecule has 0 bridgehead atoms. The molecule has 0 saturated heterocycles. The van der Waals surface area contributed by atoms with Crippen LogP contribution in [0.4, 0.5) is 0 Å². The van der Waals surface area contributed by atoms with Gasteiger partial charge in [-0.25, -0.2) is 0 Å². The molecule has 5 nitrogen and oxygen atoms in total. The van der Waals surface area contributed by atoms with Crippen molar-refractivity contribution >= 4 is 5.97 Å². The van der Waals surface area contributed by atoms with Gasteiger partial charge in [-0.2, -0.15) is 0 Å². The highest BCUT2D eigenvalue weighted by Crippen LogP contribution is 2.09. The summed E-state index contributed by atoms with van der Waals surface area (Å²) in [6.45, 7) is 8.35. The highest BCUT2D eigenvalue weighted by atomic mass is 16.6. The van der Waals surface area contributed by atoms with E-state index in [1.54, 1.807) is 4.68 Å². The van der Waals surface area contributed by atoms with Crippen molar-refractivity contribution in [3.8, 4) is 0 Å². The number of aryl methyl sites for hydroxylation is 2. The van der Waals surface area contributed by atoms with E-state index < -0.39 is 5.60 Å². The lowest BCUT2D eigenvalue weighted by atomic mass is 10.2. The first-order valence-electron chi connectivity index (χ1n) is 6.01. The van der Waals surface area contributed by atoms with Gasteiger partial charge in [-0.1, -0.05) is 12.1 Å². The Bertz CT molecular complexity index is 366. The van der Waals surface area contributed by atoms with E-state index in [1.165, 1.54) is 0 Å². The van der Waals surface area contributed by atoms with E-state index in [4.69, 9.17) is 4.74 Å². The second-order valence-electron chi connectivity index (χ2n) is 5.02. The predicted octanol–water partition coefficient (Wildman–Crippen LogP) is 1.96. The Morgan fingerprint density at radius 3 is 2.71 bits per heavy atom. The van der Waals surface area contributed by atoms with E-state index >= 15 is 0 Å². The maximum absolute atomic E-state index is 11.4. The summed E-state index contributed by atoms with van der Waals surface area (Å²) in [6.07, 6.45) is 3.93. The third kappa shape index (κ3) is 5.47. The summed E-state index contributed by atoms with van der Waals surface area (Å²) in [5.41, 5.74) is 0.571. The first-order valence-corrected chi connectivity index (χ1v) is 6.01. The molecule has 0 amide bonds. The average molecular weight is 239 g/mol. The fourth-order valence-electron chi connectivity index (χ4n) is 1.39. The van der Waals surface area contributed by atoms with Gasteiger partial charge in [0, 0.05) is 19.2 Å². The Labute approximate surface area is 102 Å². The Morgan fingerprint density at radius 1 is 1.47 bits per heavy atom. The van der Waals surface area contributed by atoms with Crippen molar-refractivity contribution in [3.05, 3.63) is 11.9 Å². The number of esters is 1. The molecule has 96 valence electrons. The van der Waals surface area contributed by atoms with Gasteiger partial charge in [0.05, 0.1) is 5.69 Å². The minimum atomic E-state index is -0.403. The summed E-state index contributed by atoms with van der Waals surface area (Å²) >= 11 is 0. The number of ether oxygens (including phenoxy) is 1. The van der Waals surface area contributed by atoms with Crippen molar-refractivity contribution in [3.63, 3.8) is 0 Å². The molecule has 0 aromatic carbocycles. The van der Waals surface area contributed by atoms with Crippen LogP contribution in [-0.2, 0) is 22.5 Å². The molecule has 0 atom stereocenters. The van der Waals surface area contributed by atoms with Crippen LogP contribution in [0.5, 0.6) is 0 Å². The molecular formula is C12H21N3O2. The molecule has 0 aliphatic carbocycles. The standard InChI is InChI=1S/C12H21N3O2/c1-5-10-9-15(14-13-10)8-6-7-11(16)17-12(2,3)4/h9H,5-8H2,1-4H3. The summed E-state index contributed by atoms with van der Waals surface area (Å²) in [5, 5.41) is 7.96. The maximum Gasteiger partial charge on any atom is 0.306 e. The molecule has 0 unspecified atom stereocenters. The van der Waals surface area contributed by atoms with Crippen LogP contribution in [0.1, 0.15) is 46.2 Å². The number of rotatable bonds is 5. The van der Waals surface area contributed by atoms with Crippen molar-refractivity contribution in [2.75, 3.05) is 0 Å². The number of carbonyl (C=O) groups excluding carboxylic acids is 1. The minimum Gasteiger partial charge on any atom is -0.460 e. The van der Waals surface area contributed by atoms with Crippen molar-refractivity contribution in [1.82, 2.24) is 15.0 Å². The van der Waals surface area contributed by atoms with Gasteiger partial charge in [0.2, 0.25) is 0 Å². The van der Waals surface area contributed by atoms with E-state index in [0.717, 1.165) is 18.5 Å². The zero-order valence-electron chi connectivity index (χ0n) is 11.1. The zero-order valence-corrected chi connectivity index (χ0v) is 11.1. The van der Waals surface area contributed by atoms with Gasteiger partial charge in [-0.3, -0.25) is 9.48 Å². The van der Waals surface area contributed by atoms with Crippen molar-refractivity contribution in [2.45, 2.75) is 59.1 Å². The molecule has 1 aromatic heterocycles. The topological polar surface area (TPSA) is 57.0 Å². The molecule has 0 aliphatic rings. The van der Waals surface area contributed by atoms with Gasteiger partial charge in [-0.15, -0.1) is 5.10 Å². The summed E-state index contributed by atoms with van der Waals surface area (Å²) in [5.74, 6) is -0.159. The quantitative estimate of drug-likeness (QED) is 0.737. The Balaban J connectivity index is 2.26. The van der Waals surface area contributed by atoms with E-state index in [-0.39, 0.29) is 5.97 Å². The molecule has 17 heavy (non-hydrogen) atoms. The van der Waals surface area contributed by atoms with Gasteiger partial charge in [0.1, 0.15) is 5.60 Å². The summed E-state index contributed by atoms with van der Waals surface area (Å²) < 4.78 is 6.98. The molecule has 0 fully saturated rings. The Morgan fingerprint density at radius 2 is 2.18 bits per heavy atom. The van der Waals surface area contributed by atoms with Crippen LogP contribution in [0.2, 0.25) is 0 Å². The second-order valence-corrected chi connectivity index (χ2v) is 5.02. The van der Waals surface area contributed by atoms with Gasteiger partial charge >= 0.3 is 5.97 Å². The second kappa shape index (κ2) is 5.80. The van der Waals surface area contributed by atoms with Gasteiger partial charge < -0.3 is 4.74 Å². The molecule has 1 heterocycles. The summed E-state index contributed by atoms with van der Waals surface area (Å²) in [4.78, 5) is 11.4. The van der Waals surface area contributed by atoms with Crippen LogP contribution >= 0.6 is 0 Å². The fourth-order valence-corrected chi connectivity index (χ4v) is 1.39. The SMILES string of the molecule is CCc1cn(CCCC(=O)OC(C)(C)C)nn1. The van der Waals surface area contributed by atoms with Crippen molar-refractivity contribution in [2.24, 2.45) is 0 Å². The highest BCUT2D eigenvalue weighted by Gasteiger charge is 2.15. The zero-order chi connectivity index (χ0) is 12.9. The first-order chi connectivity index (χ1) is 7.90. The monoisotopic (exact) mass is 239 g/mol. The molecular weight excluding hydrogens is 218 g/mol. The third-order valence-corrected chi connectivity index (χ3v) is 2.14. The van der Waals surface area contributed by atoms with E-state index in [0.29, 0.717) is 13.0 Å². The van der Waals surface area contributed by atoms with E-state index in [2.05, 4.69) is 10.3 Å². The lowest BCUT2D eigenvalue weighted by Gasteiger charge is -2.19. The molecule has 0 aliphatic heterocycles. The maximum atomic E-state index is 11.4. The van der Waals surface area contributed by atoms with E-state index in [9.17, 15) is 4.79 Å². The molecule has 0 saturated carbocycles. The summed E-state index contributed by atoms with van der Waals surface area (Å²) in [6, 6.07) is 0. The number of hydrogen-bond acceptors (Lipinski definition) is 4. The number of hydrogen-bond donors (Lipinski definition) is 0. The van der Waals surface area contributed by atoms with Gasteiger partial charge in [-0.05, 0) is 33.6 Å². The highest BCUT2D eigenvalue weighted by molar-refractivity contribution is 5.69. The van der Waals surface area contributed by atoms with Crippen LogP contribution < -0.4 is 0 Å². The van der Waals surface area contributed by atoms with Crippen LogP contribution in [0.25, 0.3) is 0 Å². The summed E-state index contributed by atoms with van der Waals surface area (Å²) in [7, 11) is 0. The third-order valence-electron chi connectivity index (χ3n) is 2.14. The largest absolute Gasteiger partial charge is 0.460 e. The smallest absolute Gasteiger partial charge is 0.306 e. The molecule has 0 radical (unpaired) electrons. The fraction of sp³-hybridized carbons (Fsp3) is 0.750. The van der Waals surface area contributed by atoms with Crippen molar-refractivity contribution in [1.29, 1.82) is 0 Å². The molecule has 0 N–H and O–H groups in total. The van der Waals surface area contributed by atoms with Crippen molar-refractivity contribution < 1.29 is 9.53 Å². The molecule has 5 heteroatoms. The van der Waals surface area contributed by atoms with Crippen LogP contribution in [0.3, 0.4) is 0 Å². The lowest BCUT2D eigenvalue weighted by molar-refractivity contribution is -0.154. The Hall–Kier alpha value is -1.39. The molecule has 1 rings (SSSR count). The number of nitrogens with zero attached hydrogens (tertiary/aromatic N) is 3. The molecule has 1 aromatic rings. The lowest BCUT2D eigenvalue weighted by Crippen LogP contribution is -2.23.